The molecule has 0 heterocycles. The van der Waals surface area contributed by atoms with Crippen LogP contribution in [0.2, 0.25) is 0 Å². The van der Waals surface area contributed by atoms with Gasteiger partial charge in [-0.05, 0) is 23.8 Å². The predicted octanol–water partition coefficient (Wildman–Crippen LogP) is 1.36. The molecule has 0 radical (unpaired) electrons. The van der Waals surface area contributed by atoms with Crippen LogP contribution in [0, 0.1) is 0 Å². The highest BCUT2D eigenvalue weighted by Crippen LogP contribution is 2.19. The summed E-state index contributed by atoms with van der Waals surface area (Å²) in [6.45, 7) is 0. The molecular formula is C8H9BrN2O2. The molecule has 5 heteroatoms. The fourth-order valence-corrected chi connectivity index (χ4v) is 1.55. The lowest BCUT2D eigenvalue weighted by atomic mass is 10.1. The number of carboxylic acids is 1. The molecule has 0 atom stereocenters. The van der Waals surface area contributed by atoms with Gasteiger partial charge in [-0.15, -0.1) is 0 Å². The minimum absolute atomic E-state index is 0.00583. The number of anilines is 1. The number of hydrazine groups is 1. The topological polar surface area (TPSA) is 75.3 Å². The molecule has 1 aromatic rings. The number of nitrogen functional groups attached to an aromatic ring is 1. The molecule has 0 saturated carbocycles. The minimum atomic E-state index is -0.860. The molecule has 0 saturated heterocycles. The summed E-state index contributed by atoms with van der Waals surface area (Å²) in [5, 5.41) is 8.55. The fourth-order valence-electron chi connectivity index (χ4n) is 1.01. The molecule has 0 amide bonds. The van der Waals surface area contributed by atoms with E-state index in [0.29, 0.717) is 11.3 Å². The minimum Gasteiger partial charge on any atom is -0.481 e. The van der Waals surface area contributed by atoms with Crippen molar-refractivity contribution in [3.63, 3.8) is 0 Å². The molecule has 4 nitrogen and oxygen atoms in total. The summed E-state index contributed by atoms with van der Waals surface area (Å²) in [4.78, 5) is 10.4. The number of nitrogens with one attached hydrogen (secondary N) is 1. The molecule has 0 spiro atoms. The lowest BCUT2D eigenvalue weighted by Crippen LogP contribution is -2.08. The Labute approximate surface area is 83.8 Å². The van der Waals surface area contributed by atoms with Crippen molar-refractivity contribution in [3.05, 3.63) is 28.2 Å². The first-order chi connectivity index (χ1) is 6.11. The molecule has 0 aliphatic heterocycles. The zero-order chi connectivity index (χ0) is 9.84. The molecule has 1 rings (SSSR count). The molecule has 0 bridgehead atoms. The van der Waals surface area contributed by atoms with Crippen molar-refractivity contribution in [3.8, 4) is 0 Å². The monoisotopic (exact) mass is 244 g/mol. The Balaban J connectivity index is 2.94. The summed E-state index contributed by atoms with van der Waals surface area (Å²) in [5.74, 6) is 4.34. The quantitative estimate of drug-likeness (QED) is 0.555. The molecule has 4 N–H and O–H groups in total. The summed E-state index contributed by atoms with van der Waals surface area (Å²) < 4.78 is 0.805. The van der Waals surface area contributed by atoms with Crippen LogP contribution in [0.3, 0.4) is 0 Å². The van der Waals surface area contributed by atoms with Crippen LogP contribution in [0.5, 0.6) is 0 Å². The van der Waals surface area contributed by atoms with Gasteiger partial charge in [0.05, 0.1) is 6.42 Å². The lowest BCUT2D eigenvalue weighted by Gasteiger charge is -2.03. The third-order valence-corrected chi connectivity index (χ3v) is 1.94. The Morgan fingerprint density at radius 2 is 2.23 bits per heavy atom. The molecule has 0 fully saturated rings. The molecule has 13 heavy (non-hydrogen) atoms. The van der Waals surface area contributed by atoms with Crippen molar-refractivity contribution in [1.29, 1.82) is 0 Å². The highest BCUT2D eigenvalue weighted by atomic mass is 79.9. The van der Waals surface area contributed by atoms with Crippen LogP contribution in [-0.2, 0) is 11.2 Å². The van der Waals surface area contributed by atoms with E-state index in [4.69, 9.17) is 10.9 Å². The van der Waals surface area contributed by atoms with Crippen molar-refractivity contribution in [2.75, 3.05) is 5.43 Å². The van der Waals surface area contributed by atoms with E-state index in [9.17, 15) is 4.79 Å². The third-order valence-electron chi connectivity index (χ3n) is 1.48. The first kappa shape index (κ1) is 10.0. The summed E-state index contributed by atoms with van der Waals surface area (Å²) in [7, 11) is 0. The largest absolute Gasteiger partial charge is 0.481 e. The third kappa shape index (κ3) is 3.04. The van der Waals surface area contributed by atoms with Crippen molar-refractivity contribution in [1.82, 2.24) is 0 Å². The van der Waals surface area contributed by atoms with Gasteiger partial charge in [0.25, 0.3) is 0 Å². The highest BCUT2D eigenvalue weighted by molar-refractivity contribution is 9.10. The number of aliphatic carboxylic acids is 1. The molecular weight excluding hydrogens is 236 g/mol. The molecule has 0 unspecified atom stereocenters. The normalized spacial score (nSPS) is 9.69. The van der Waals surface area contributed by atoms with Crippen LogP contribution in [-0.4, -0.2) is 11.1 Å². The summed E-state index contributed by atoms with van der Waals surface area (Å²) in [5.41, 5.74) is 3.85. The molecule has 70 valence electrons. The summed E-state index contributed by atoms with van der Waals surface area (Å²) in [6, 6.07) is 5.21. The number of hydrogen-bond donors (Lipinski definition) is 3. The first-order valence-electron chi connectivity index (χ1n) is 3.59. The average Bonchev–Trinajstić information content (AvgIpc) is 2.01. The van der Waals surface area contributed by atoms with E-state index in [1.807, 2.05) is 0 Å². The van der Waals surface area contributed by atoms with E-state index >= 15 is 0 Å². The maximum absolute atomic E-state index is 10.4. The molecule has 0 aliphatic carbocycles. The summed E-state index contributed by atoms with van der Waals surface area (Å²) >= 11 is 3.26. The van der Waals surface area contributed by atoms with E-state index in [1.165, 1.54) is 0 Å². The Bertz CT molecular complexity index is 328. The number of rotatable bonds is 3. The molecule has 0 aliphatic rings. The maximum Gasteiger partial charge on any atom is 0.307 e. The number of hydrogen-bond acceptors (Lipinski definition) is 3. The standard InChI is InChI=1S/C8H9BrN2O2/c9-6-1-5(3-8(12)13)2-7(4-6)11-10/h1-2,4,11H,3,10H2,(H,12,13). The van der Waals surface area contributed by atoms with Crippen LogP contribution in [0.1, 0.15) is 5.56 Å². The van der Waals surface area contributed by atoms with Gasteiger partial charge in [0.15, 0.2) is 0 Å². The molecule has 0 aromatic heterocycles. The second-order valence-electron chi connectivity index (χ2n) is 2.56. The van der Waals surface area contributed by atoms with Crippen molar-refractivity contribution >= 4 is 27.6 Å². The Morgan fingerprint density at radius 1 is 1.54 bits per heavy atom. The second kappa shape index (κ2) is 4.25. The SMILES string of the molecule is NNc1cc(Br)cc(CC(=O)O)c1. The van der Waals surface area contributed by atoms with Crippen LogP contribution < -0.4 is 11.3 Å². The van der Waals surface area contributed by atoms with Gasteiger partial charge in [-0.2, -0.15) is 0 Å². The zero-order valence-electron chi connectivity index (χ0n) is 6.75. The smallest absolute Gasteiger partial charge is 0.307 e. The van der Waals surface area contributed by atoms with E-state index < -0.39 is 5.97 Å². The number of carbonyl (C=O) groups is 1. The number of nitrogens with two attached hydrogens (primary N) is 1. The Morgan fingerprint density at radius 3 is 2.77 bits per heavy atom. The predicted molar refractivity (Wildman–Crippen MR) is 53.3 cm³/mol. The Kier molecular flexibility index (Phi) is 3.27. The van der Waals surface area contributed by atoms with Gasteiger partial charge in [0.1, 0.15) is 0 Å². The first-order valence-corrected chi connectivity index (χ1v) is 4.39. The van der Waals surface area contributed by atoms with Crippen LogP contribution >= 0.6 is 15.9 Å². The number of carboxylic acid groups (broad SMARTS) is 1. The van der Waals surface area contributed by atoms with Crippen LogP contribution in [0.4, 0.5) is 5.69 Å². The summed E-state index contributed by atoms with van der Waals surface area (Å²) in [6.07, 6.45) is -0.00583. The van der Waals surface area contributed by atoms with E-state index in [-0.39, 0.29) is 6.42 Å². The van der Waals surface area contributed by atoms with E-state index in [0.717, 1.165) is 4.47 Å². The van der Waals surface area contributed by atoms with Gasteiger partial charge >= 0.3 is 5.97 Å². The Hall–Kier alpha value is -1.07. The number of benzene rings is 1. The van der Waals surface area contributed by atoms with Gasteiger partial charge < -0.3 is 10.5 Å². The van der Waals surface area contributed by atoms with Gasteiger partial charge in [-0.3, -0.25) is 10.6 Å². The fraction of sp³-hybridized carbons (Fsp3) is 0.125. The van der Waals surface area contributed by atoms with Crippen molar-refractivity contribution < 1.29 is 9.90 Å². The van der Waals surface area contributed by atoms with Crippen molar-refractivity contribution in [2.45, 2.75) is 6.42 Å². The van der Waals surface area contributed by atoms with Crippen molar-refractivity contribution in [2.24, 2.45) is 5.84 Å². The number of halogens is 1. The van der Waals surface area contributed by atoms with Gasteiger partial charge in [-0.25, -0.2) is 0 Å². The maximum atomic E-state index is 10.4. The van der Waals surface area contributed by atoms with E-state index in [1.54, 1.807) is 18.2 Å². The van der Waals surface area contributed by atoms with Gasteiger partial charge in [0, 0.05) is 10.2 Å². The zero-order valence-corrected chi connectivity index (χ0v) is 8.34. The second-order valence-corrected chi connectivity index (χ2v) is 3.48. The van der Waals surface area contributed by atoms with Gasteiger partial charge in [0.2, 0.25) is 0 Å². The van der Waals surface area contributed by atoms with Crippen LogP contribution in [0.15, 0.2) is 22.7 Å². The van der Waals surface area contributed by atoms with Gasteiger partial charge in [-0.1, -0.05) is 15.9 Å². The average molecular weight is 245 g/mol. The highest BCUT2D eigenvalue weighted by Gasteiger charge is 2.02. The molecule has 1 aromatic carbocycles. The lowest BCUT2D eigenvalue weighted by molar-refractivity contribution is -0.136. The van der Waals surface area contributed by atoms with E-state index in [2.05, 4.69) is 21.4 Å². The van der Waals surface area contributed by atoms with Crippen LogP contribution in [0.25, 0.3) is 0 Å².